The molecule has 0 bridgehead atoms. The van der Waals surface area contributed by atoms with Gasteiger partial charge in [0.25, 0.3) is 11.8 Å². The Hall–Kier alpha value is -7.79. The minimum absolute atomic E-state index is 0.000221. The number of anilines is 1. The Kier molecular flexibility index (Phi) is 27.9. The molecule has 526 valence electrons. The summed E-state index contributed by atoms with van der Waals surface area (Å²) in [6.45, 7) is 2.79. The van der Waals surface area contributed by atoms with Crippen molar-refractivity contribution >= 4 is 87.2 Å². The van der Waals surface area contributed by atoms with E-state index in [-0.39, 0.29) is 72.9 Å². The van der Waals surface area contributed by atoms with Gasteiger partial charge in [-0.05, 0) is 20.8 Å². The van der Waals surface area contributed by atoms with Crippen molar-refractivity contribution in [2.45, 2.75) is 163 Å². The lowest BCUT2D eigenvalue weighted by molar-refractivity contribution is -0.372. The number of ether oxygens (including phenoxy) is 5. The Bertz CT molecular complexity index is 3210. The number of aromatic nitrogens is 5. The number of thioether (sulfide) groups is 1. The zero-order valence-electron chi connectivity index (χ0n) is 51.5. The number of nitrogens with zero attached hydrogens (tertiary/aromatic N) is 5. The van der Waals surface area contributed by atoms with Gasteiger partial charge in [-0.1, -0.05) is 6.92 Å². The maximum absolute atomic E-state index is 15.2. The largest absolute Gasteiger partial charge is 0.441 e. The maximum atomic E-state index is 15.2. The molecule has 20 unspecified atom stereocenters. The third-order valence-electron chi connectivity index (χ3n) is 15.2. The molecule has 3 aromatic heterocycles. The van der Waals surface area contributed by atoms with Crippen LogP contribution in [0.4, 0.5) is 10.6 Å². The van der Waals surface area contributed by atoms with E-state index in [9.17, 15) is 74.4 Å². The fourth-order valence-electron chi connectivity index (χ4n) is 9.76. The third kappa shape index (κ3) is 20.1. The Morgan fingerprint density at radius 2 is 1.51 bits per heavy atom. The third-order valence-corrected chi connectivity index (χ3v) is 17.3. The monoisotopic (exact) mass is 1380 g/mol. The standard InChI is InChI=1S/C53H81N19O21S2/c1-17-31(69-44(72-42(17)58)22(9-29(57)76)64-10-21(54)43(59)82)48(86)71-33(39(23-11-61-16-65-23)91-52-41(37(80)35(78)26(12-73)90-52)92-51-38(81)40(93-53(60)88)36(79)27(13-74)89-51)49(87)66-19(3)34(77)18(2)45(83)70-32(20(4)75)47(85)63-8-6-30-67-25(15-94-30)50-68-24(14-95-50)46(84)62-7-5-28(55)56/h11,14,16,18-22,25-27,32-41,51-52,64,73-75,77-81H,5-10,12-13,15,54H2,1-4H3,(H3,55,56)(H2,57,76)(H2,59,82)(H2,60,88)(H,61,65)(H,62,84)(H,63,85)(H,66,87)(H,70,83)(H,71,86)(H2,58,69,72). The van der Waals surface area contributed by atoms with Gasteiger partial charge in [-0.15, -0.1) is 23.1 Å². The van der Waals surface area contributed by atoms with Crippen molar-refractivity contribution in [1.82, 2.24) is 56.8 Å². The summed E-state index contributed by atoms with van der Waals surface area (Å²) in [6, 6.07) is -8.25. The van der Waals surface area contributed by atoms with E-state index in [1.165, 1.54) is 50.8 Å². The summed E-state index contributed by atoms with van der Waals surface area (Å²) in [5, 5.41) is 113. The number of imidazole rings is 1. The number of aromatic amines is 1. The number of nitrogens with one attached hydrogen (secondary N) is 8. The van der Waals surface area contributed by atoms with E-state index < -0.39 is 189 Å². The van der Waals surface area contributed by atoms with Gasteiger partial charge in [-0.2, -0.15) is 0 Å². The second-order valence-corrected chi connectivity index (χ2v) is 24.3. The molecule has 3 aromatic rings. The van der Waals surface area contributed by atoms with E-state index in [4.69, 9.17) is 63.5 Å². The Balaban J connectivity index is 1.27. The predicted octanol–water partition coefficient (Wildman–Crippen LogP) is -8.74. The Morgan fingerprint density at radius 3 is 2.13 bits per heavy atom. The topological polar surface area (TPSA) is 676 Å². The second kappa shape index (κ2) is 34.8. The number of hydrogen-bond acceptors (Lipinski definition) is 32. The van der Waals surface area contributed by atoms with E-state index in [1.54, 1.807) is 5.38 Å². The molecule has 95 heavy (non-hydrogen) atoms. The number of amides is 8. The highest BCUT2D eigenvalue weighted by Gasteiger charge is 2.54. The lowest BCUT2D eigenvalue weighted by atomic mass is 9.96. The number of nitrogen functional groups attached to an aromatic ring is 1. The van der Waals surface area contributed by atoms with Crippen molar-refractivity contribution in [3.8, 4) is 0 Å². The summed E-state index contributed by atoms with van der Waals surface area (Å²) in [4.78, 5) is 130. The number of nitrogens with two attached hydrogens (primary N) is 6. The molecular formula is C53H81N19O21S2. The molecule has 0 spiro atoms. The van der Waals surface area contributed by atoms with E-state index in [1.807, 2.05) is 0 Å². The number of amidine groups is 1. The Labute approximate surface area is 548 Å². The number of thiazole rings is 1. The molecule has 3 aliphatic rings. The summed E-state index contributed by atoms with van der Waals surface area (Å²) in [6.07, 6.45) is -25.0. The first-order valence-corrected chi connectivity index (χ1v) is 31.2. The van der Waals surface area contributed by atoms with Gasteiger partial charge in [0, 0.05) is 55.6 Å². The van der Waals surface area contributed by atoms with E-state index in [0.717, 1.165) is 12.5 Å². The molecule has 0 saturated carbocycles. The van der Waals surface area contributed by atoms with Crippen LogP contribution in [0, 0.1) is 18.3 Å². The number of aliphatic hydroxyl groups excluding tert-OH is 8. The number of primary amides is 3. The van der Waals surface area contributed by atoms with Crippen molar-refractivity contribution in [2.24, 2.45) is 39.6 Å². The molecule has 2 saturated heterocycles. The lowest BCUT2D eigenvalue weighted by Crippen LogP contribution is -2.65. The smallest absolute Gasteiger partial charge is 0.404 e. The average molecular weight is 1380 g/mol. The first kappa shape index (κ1) is 76.2. The van der Waals surface area contributed by atoms with Crippen molar-refractivity contribution in [1.29, 1.82) is 5.41 Å². The summed E-state index contributed by atoms with van der Waals surface area (Å²) < 4.78 is 28.7. The molecule has 28 N–H and O–H groups in total. The van der Waals surface area contributed by atoms with Crippen LogP contribution in [0.15, 0.2) is 22.9 Å². The SMILES string of the molecule is Cc1c(N)nc(C(CC(N)=O)NCC(N)C(N)=O)nc1C(=O)NC(C(=O)NC(C)C(O)C(C)C(=O)NC(C(=O)NCCC1=NC(c2nc(C(=O)NCCC(=N)N)cs2)CS1)C(C)O)C(OC1OC(CO)C(O)C(O)C1OC1OC(CO)C(O)C(OC(N)=O)C1O)c1cnc[nH]1. The van der Waals surface area contributed by atoms with Crippen molar-refractivity contribution in [2.75, 3.05) is 44.3 Å². The fraction of sp³-hybridized carbons (Fsp3) is 0.623. The van der Waals surface area contributed by atoms with Crippen molar-refractivity contribution in [3.05, 3.63) is 51.4 Å². The number of carbonyl (C=O) groups excluding carboxylic acids is 8. The van der Waals surface area contributed by atoms with Gasteiger partial charge in [0.1, 0.15) is 95.0 Å². The highest BCUT2D eigenvalue weighted by atomic mass is 32.2. The van der Waals surface area contributed by atoms with Crippen LogP contribution in [0.5, 0.6) is 0 Å². The minimum atomic E-state index is -2.20. The van der Waals surface area contributed by atoms with Crippen LogP contribution in [-0.2, 0) is 47.7 Å². The Morgan fingerprint density at radius 1 is 0.821 bits per heavy atom. The fourth-order valence-corrected chi connectivity index (χ4v) is 11.7. The van der Waals surface area contributed by atoms with Crippen molar-refractivity contribution in [3.63, 3.8) is 0 Å². The maximum Gasteiger partial charge on any atom is 0.404 e. The average Bonchev–Trinajstić information content (AvgIpc) is 1.31. The second-order valence-electron chi connectivity index (χ2n) is 22.3. The van der Waals surface area contributed by atoms with Crippen LogP contribution in [0.1, 0.15) is 101 Å². The van der Waals surface area contributed by atoms with Crippen LogP contribution >= 0.6 is 23.1 Å². The van der Waals surface area contributed by atoms with Crippen LogP contribution < -0.4 is 66.3 Å². The number of aliphatic hydroxyl groups is 8. The van der Waals surface area contributed by atoms with Crippen LogP contribution in [0.25, 0.3) is 0 Å². The molecular weight excluding hydrogens is 1300 g/mol. The number of aliphatic imine (C=N–C) groups is 1. The van der Waals surface area contributed by atoms with E-state index in [0.29, 0.717) is 15.8 Å². The molecule has 40 nitrogen and oxygen atoms in total. The van der Waals surface area contributed by atoms with Gasteiger partial charge in [0.2, 0.25) is 29.5 Å². The molecule has 6 heterocycles. The highest BCUT2D eigenvalue weighted by Crippen LogP contribution is 2.36. The lowest BCUT2D eigenvalue weighted by Gasteiger charge is -2.47. The van der Waals surface area contributed by atoms with Gasteiger partial charge < -0.3 is 136 Å². The number of carbonyl (C=O) groups is 8. The zero-order chi connectivity index (χ0) is 70.3. The van der Waals surface area contributed by atoms with Crippen molar-refractivity contribution < 1.29 is 103 Å². The summed E-state index contributed by atoms with van der Waals surface area (Å²) in [7, 11) is 0. The van der Waals surface area contributed by atoms with E-state index >= 15 is 4.79 Å². The molecule has 3 aliphatic heterocycles. The van der Waals surface area contributed by atoms with Gasteiger partial charge in [0.15, 0.2) is 18.7 Å². The summed E-state index contributed by atoms with van der Waals surface area (Å²) >= 11 is 2.64. The van der Waals surface area contributed by atoms with Gasteiger partial charge in [-0.25, -0.2) is 24.7 Å². The van der Waals surface area contributed by atoms with Gasteiger partial charge in [0.05, 0.1) is 78.6 Å². The molecule has 20 atom stereocenters. The predicted molar refractivity (Wildman–Crippen MR) is 329 cm³/mol. The van der Waals surface area contributed by atoms with Gasteiger partial charge >= 0.3 is 6.09 Å². The van der Waals surface area contributed by atoms with Crippen LogP contribution in [-0.4, -0.2) is 260 Å². The highest BCUT2D eigenvalue weighted by molar-refractivity contribution is 8.14. The summed E-state index contributed by atoms with van der Waals surface area (Å²) in [5.74, 6) is -8.44. The van der Waals surface area contributed by atoms with Gasteiger partial charge in [-0.3, -0.25) is 44.0 Å². The zero-order valence-corrected chi connectivity index (χ0v) is 53.2. The number of hydrogen-bond donors (Lipinski definition) is 22. The number of rotatable bonds is 34. The van der Waals surface area contributed by atoms with E-state index in [2.05, 4.69) is 61.8 Å². The molecule has 2 fully saturated rings. The van der Waals surface area contributed by atoms with Crippen LogP contribution in [0.2, 0.25) is 0 Å². The molecule has 0 radical (unpaired) electrons. The summed E-state index contributed by atoms with van der Waals surface area (Å²) in [5.41, 5.74) is 32.8. The first-order valence-electron chi connectivity index (χ1n) is 29.4. The molecule has 42 heteroatoms. The molecule has 6 rings (SSSR count). The first-order chi connectivity index (χ1) is 44.8. The van der Waals surface area contributed by atoms with Crippen LogP contribution in [0.3, 0.4) is 0 Å². The normalized spacial score (nSPS) is 25.6. The molecule has 0 aromatic carbocycles. The number of H-pyrrole nitrogens is 1. The molecule has 0 aliphatic carbocycles. The molecule has 8 amide bonds. The quantitative estimate of drug-likeness (QED) is 0.0195. The minimum Gasteiger partial charge on any atom is -0.441 e.